The van der Waals surface area contributed by atoms with Crippen molar-refractivity contribution in [1.29, 1.82) is 0 Å². The van der Waals surface area contributed by atoms with Crippen LogP contribution in [0.3, 0.4) is 0 Å². The summed E-state index contributed by atoms with van der Waals surface area (Å²) in [4.78, 5) is 114. The Labute approximate surface area is 896 Å². The molecular weight excluding hydrogens is 1810 g/mol. The summed E-state index contributed by atoms with van der Waals surface area (Å²) in [5.41, 5.74) is 1.56. The molecule has 16 nitrogen and oxygen atoms in total. The molecule has 840 valence electrons. The van der Waals surface area contributed by atoms with Crippen molar-refractivity contribution >= 4 is 47.3 Å². The number of likely N-dealkylation sites (tertiary alicyclic amines) is 8. The predicted octanol–water partition coefficient (Wildman–Crippen LogP) is 27.8. The van der Waals surface area contributed by atoms with E-state index in [1.54, 1.807) is 6.92 Å². The largest absolute Gasteiger partial charge is 0.342 e. The van der Waals surface area contributed by atoms with Crippen LogP contribution in [0.5, 0.6) is 0 Å². The van der Waals surface area contributed by atoms with Crippen molar-refractivity contribution in [3.63, 3.8) is 0 Å². The lowest BCUT2D eigenvalue weighted by molar-refractivity contribution is -0.145. The van der Waals surface area contributed by atoms with E-state index in [2.05, 4.69) is 263 Å². The first kappa shape index (κ1) is 122. The molecule has 0 radical (unpaired) electrons. The van der Waals surface area contributed by atoms with Crippen LogP contribution in [0, 0.1) is 255 Å². The summed E-state index contributed by atoms with van der Waals surface area (Å²) in [6.45, 7) is 116. The fourth-order valence-corrected chi connectivity index (χ4v) is 35.3. The molecule has 34 unspecified atom stereocenters. The number of nitrogens with zero attached hydrogens (tertiary/aromatic N) is 8. The molecule has 34 atom stereocenters. The third kappa shape index (κ3) is 27.1. The zero-order valence-electron chi connectivity index (χ0n) is 103. The summed E-state index contributed by atoms with van der Waals surface area (Å²) in [5.74, 6) is 26.7. The molecule has 0 aromatic heterocycles. The van der Waals surface area contributed by atoms with Crippen molar-refractivity contribution in [2.45, 2.75) is 413 Å². The molecule has 18 fully saturated rings. The van der Waals surface area contributed by atoms with Crippen molar-refractivity contribution in [1.82, 2.24) is 39.2 Å². The Morgan fingerprint density at radius 3 is 0.555 bits per heavy atom. The van der Waals surface area contributed by atoms with Gasteiger partial charge in [-0.1, -0.05) is 304 Å². The maximum absolute atomic E-state index is 13.7. The molecule has 0 aromatic carbocycles. The van der Waals surface area contributed by atoms with Gasteiger partial charge in [-0.2, -0.15) is 0 Å². The van der Waals surface area contributed by atoms with Crippen LogP contribution in [0.25, 0.3) is 0 Å². The van der Waals surface area contributed by atoms with Gasteiger partial charge < -0.3 is 39.2 Å². The molecule has 8 saturated heterocycles. The minimum atomic E-state index is -1.23. The topological polar surface area (TPSA) is 162 Å². The van der Waals surface area contributed by atoms with E-state index in [9.17, 15) is 42.7 Å². The van der Waals surface area contributed by atoms with Crippen molar-refractivity contribution in [3.8, 4) is 0 Å². The number of hydrogen-bond donors (Lipinski definition) is 0. The molecule has 0 N–H and O–H groups in total. The Hall–Kier alpha value is -4.31. The van der Waals surface area contributed by atoms with Crippen LogP contribution in [0.15, 0.2) is 0 Å². The predicted molar refractivity (Wildman–Crippen MR) is 602 cm³/mol. The normalized spacial score (nSPS) is 38.6. The number of hydrogen-bond acceptors (Lipinski definition) is 8. The monoisotopic (exact) mass is 2040 g/mol. The first-order chi connectivity index (χ1) is 66.7. The molecule has 0 bridgehead atoms. The van der Waals surface area contributed by atoms with Gasteiger partial charge in [0.25, 0.3) is 0 Å². The molecule has 146 heavy (non-hydrogen) atoms. The summed E-state index contributed by atoms with van der Waals surface area (Å²) in [5, 5.41) is 0. The highest BCUT2D eigenvalue weighted by Gasteiger charge is 2.62. The molecule has 8 aliphatic heterocycles. The Morgan fingerprint density at radius 2 is 0.404 bits per heavy atom. The second kappa shape index (κ2) is 45.1. The highest BCUT2D eigenvalue weighted by Crippen LogP contribution is 2.62. The third-order valence-electron chi connectivity index (χ3n) is 44.3. The van der Waals surface area contributed by atoms with Crippen molar-refractivity contribution in [2.24, 2.45) is 255 Å². The summed E-state index contributed by atoms with van der Waals surface area (Å²) < 4.78 is 13.7. The first-order valence-corrected chi connectivity index (χ1v) is 60.7. The van der Waals surface area contributed by atoms with E-state index in [4.69, 9.17) is 0 Å². The van der Waals surface area contributed by atoms with Gasteiger partial charge in [-0.15, -0.1) is 0 Å². The second-order valence-electron chi connectivity index (χ2n) is 64.4. The Morgan fingerprint density at radius 1 is 0.247 bits per heavy atom. The van der Waals surface area contributed by atoms with Crippen LogP contribution in [0.2, 0.25) is 0 Å². The molecule has 8 heterocycles. The Kier molecular flexibility index (Phi) is 37.7. The van der Waals surface area contributed by atoms with Crippen molar-refractivity contribution in [2.75, 3.05) is 105 Å². The SMILES string of the molecule is CC1C2CN(C(=O)C(C)(C)C)CC2CC1C(C)(C)C.CC1C2CN(C(=O)C(C)(C)C)CC2CC1C(C)(C)C.CC1C2CN(C(=O)C3(C)CCC3)CC2CC1C(C)(C)C.CC1C2CN(C(=O)C3CC3(C)F)CC2CC1C(C)(C)C.CCC(=O)N1CC2CC(C(C)(C)C)C(C)C2C1.CCC(=O)N1CC2CC(C(C)(C)C)C(C)C2C1.CCC(=O)N1CC2CC(C(C)(C)C)C(C)C2C1.CCC(=O)N1CC2CC(C(C)(C)C)C(C)C2C1. The van der Waals surface area contributed by atoms with Gasteiger partial charge in [-0.3, -0.25) is 38.4 Å². The lowest BCUT2D eigenvalue weighted by Gasteiger charge is -2.40. The fourth-order valence-electron chi connectivity index (χ4n) is 35.3. The zero-order chi connectivity index (χ0) is 110. The highest BCUT2D eigenvalue weighted by atomic mass is 19.1. The van der Waals surface area contributed by atoms with Crippen LogP contribution in [-0.4, -0.2) is 197 Å². The highest BCUT2D eigenvalue weighted by molar-refractivity contribution is 5.85. The van der Waals surface area contributed by atoms with Gasteiger partial charge in [0.1, 0.15) is 5.67 Å². The molecule has 18 rings (SSSR count). The van der Waals surface area contributed by atoms with E-state index in [-0.39, 0.29) is 28.1 Å². The number of carbonyl (C=O) groups excluding carboxylic acids is 8. The number of halogens is 1. The molecule has 10 saturated carbocycles. The molecule has 18 aliphatic rings. The summed E-state index contributed by atoms with van der Waals surface area (Å²) in [7, 11) is 0. The van der Waals surface area contributed by atoms with E-state index in [1.165, 1.54) is 57.8 Å². The van der Waals surface area contributed by atoms with Gasteiger partial charge in [0, 0.05) is 147 Å². The average Bonchev–Trinajstić information content (AvgIpc) is 1.57. The van der Waals surface area contributed by atoms with Crippen LogP contribution in [0.1, 0.15) is 407 Å². The lowest BCUT2D eigenvalue weighted by Crippen LogP contribution is -2.46. The maximum Gasteiger partial charge on any atom is 0.229 e. The third-order valence-corrected chi connectivity index (χ3v) is 44.3. The Bertz CT molecular complexity index is 4100. The number of fused-ring (bicyclic) bond motifs is 8. The number of alkyl halides is 1. The zero-order valence-corrected chi connectivity index (χ0v) is 103. The Balaban J connectivity index is 0.000000159. The van der Waals surface area contributed by atoms with Gasteiger partial charge >= 0.3 is 0 Å². The van der Waals surface area contributed by atoms with E-state index in [0.717, 1.165) is 289 Å². The van der Waals surface area contributed by atoms with Crippen LogP contribution >= 0.6 is 0 Å². The maximum atomic E-state index is 13.7. The second-order valence-corrected chi connectivity index (χ2v) is 64.4. The lowest BCUT2D eigenvalue weighted by atomic mass is 9.69. The molecular formula is C129H229FN8O8. The standard InChI is InChI=1S/C18H31NO.C17H28FNO.2C17H31NO.4C15H27NO/c1-12-14-11-19(16(20)18(5)7-6-8-18)10-13(14)9-15(12)17(2,3)4;1-10-12-9-19(15(20)14-7-17(14,5)18)8-11(12)6-13(10)16(2,3)4;2*1-11-13-10-18(15(19)17(5,6)7)9-12(13)8-14(11)16(2,3)4;4*1-6-14(17)16-8-11-7-13(15(3,4)5)10(2)12(11)9-16/h12-15H,6-11H2,1-5H3;10-14H,6-9H2,1-5H3;2*11-14H,8-10H2,1-7H3;4*10-13H,6-9H2,1-5H3. The molecule has 0 spiro atoms. The van der Waals surface area contributed by atoms with Crippen LogP contribution in [0.4, 0.5) is 4.39 Å². The fraction of sp³-hybridized carbons (Fsp3) is 0.938. The van der Waals surface area contributed by atoms with Gasteiger partial charge in [0.15, 0.2) is 0 Å². The smallest absolute Gasteiger partial charge is 0.229 e. The summed E-state index contributed by atoms with van der Waals surface area (Å²) in [6.07, 6.45) is 17.0. The van der Waals surface area contributed by atoms with E-state index < -0.39 is 5.67 Å². The number of carbonyl (C=O) groups is 8. The molecule has 8 amide bonds. The van der Waals surface area contributed by atoms with Crippen molar-refractivity contribution in [3.05, 3.63) is 0 Å². The average molecular weight is 2040 g/mol. The van der Waals surface area contributed by atoms with Gasteiger partial charge in [-0.25, -0.2) is 4.39 Å². The summed E-state index contributed by atoms with van der Waals surface area (Å²) in [6, 6.07) is 0. The van der Waals surface area contributed by atoms with E-state index in [1.807, 2.05) is 74.1 Å². The molecule has 10 aliphatic carbocycles. The van der Waals surface area contributed by atoms with E-state index in [0.29, 0.717) is 135 Å². The van der Waals surface area contributed by atoms with E-state index >= 15 is 0 Å². The number of rotatable bonds is 6. The minimum Gasteiger partial charge on any atom is -0.342 e. The first-order valence-electron chi connectivity index (χ1n) is 60.7. The molecule has 0 aromatic rings. The molecule has 17 heteroatoms. The minimum absolute atomic E-state index is 0.00863. The van der Waals surface area contributed by atoms with Crippen LogP contribution in [-0.2, 0) is 38.4 Å². The van der Waals surface area contributed by atoms with Gasteiger partial charge in [-0.05, 0) is 310 Å². The van der Waals surface area contributed by atoms with Gasteiger partial charge in [0.2, 0.25) is 47.3 Å². The van der Waals surface area contributed by atoms with Gasteiger partial charge in [0.05, 0.1) is 5.92 Å². The quantitative estimate of drug-likeness (QED) is 0.254. The number of amides is 8. The summed E-state index contributed by atoms with van der Waals surface area (Å²) >= 11 is 0. The van der Waals surface area contributed by atoms with Crippen molar-refractivity contribution < 1.29 is 42.7 Å². The van der Waals surface area contributed by atoms with Crippen LogP contribution < -0.4 is 0 Å².